The second-order valence-corrected chi connectivity index (χ2v) is 3.09. The summed E-state index contributed by atoms with van der Waals surface area (Å²) in [6.45, 7) is 1.99. The second kappa shape index (κ2) is 2.84. The number of hydrogen-bond donors (Lipinski definition) is 0. The minimum atomic E-state index is 0.818. The van der Waals surface area contributed by atoms with Gasteiger partial charge in [0.1, 0.15) is 7.05 Å². The molecule has 0 aliphatic heterocycles. The first-order valence-corrected chi connectivity index (χ1v) is 3.87. The van der Waals surface area contributed by atoms with E-state index in [2.05, 4.69) is 0 Å². The van der Waals surface area contributed by atoms with Gasteiger partial charge in [-0.1, -0.05) is 0 Å². The summed E-state index contributed by atoms with van der Waals surface area (Å²) in [5, 5.41) is 12.5. The average molecular weight is 155 g/mol. The third-order valence-corrected chi connectivity index (χ3v) is 2.15. The molecule has 0 atom stereocenters. The van der Waals surface area contributed by atoms with Crippen molar-refractivity contribution < 1.29 is 4.74 Å². The SMILES string of the molecule is Cc1ccsc1/C=[N+](\C)[O-]. The van der Waals surface area contributed by atoms with Gasteiger partial charge < -0.3 is 5.21 Å². The van der Waals surface area contributed by atoms with Crippen molar-refractivity contribution in [1.29, 1.82) is 0 Å². The van der Waals surface area contributed by atoms with Crippen LogP contribution >= 0.6 is 11.3 Å². The van der Waals surface area contributed by atoms with Crippen LogP contribution in [0.1, 0.15) is 10.4 Å². The summed E-state index contributed by atoms with van der Waals surface area (Å²) < 4.78 is 0.818. The molecule has 0 saturated heterocycles. The van der Waals surface area contributed by atoms with Gasteiger partial charge in [0, 0.05) is 0 Å². The monoisotopic (exact) mass is 155 g/mol. The van der Waals surface area contributed by atoms with Crippen molar-refractivity contribution in [3.63, 3.8) is 0 Å². The number of rotatable bonds is 1. The van der Waals surface area contributed by atoms with Gasteiger partial charge in [0.05, 0.1) is 4.88 Å². The summed E-state index contributed by atoms with van der Waals surface area (Å²) in [6, 6.07) is 2.00. The van der Waals surface area contributed by atoms with Gasteiger partial charge in [0.15, 0.2) is 6.21 Å². The van der Waals surface area contributed by atoms with Crippen LogP contribution in [0.15, 0.2) is 11.4 Å². The average Bonchev–Trinajstić information content (AvgIpc) is 2.15. The van der Waals surface area contributed by atoms with E-state index in [0.29, 0.717) is 0 Å². The smallest absolute Gasteiger partial charge is 0.191 e. The Kier molecular flexibility index (Phi) is 2.06. The largest absolute Gasteiger partial charge is 0.624 e. The molecule has 0 radical (unpaired) electrons. The molecule has 0 saturated carbocycles. The van der Waals surface area contributed by atoms with Gasteiger partial charge in [0.2, 0.25) is 0 Å². The van der Waals surface area contributed by atoms with E-state index in [9.17, 15) is 5.21 Å². The van der Waals surface area contributed by atoms with Gasteiger partial charge in [-0.3, -0.25) is 0 Å². The molecule has 1 rings (SSSR count). The summed E-state index contributed by atoms with van der Waals surface area (Å²) in [6.07, 6.45) is 1.58. The molecular formula is C7H9NOS. The molecule has 0 N–H and O–H groups in total. The van der Waals surface area contributed by atoms with Crippen LogP contribution in [0, 0.1) is 12.1 Å². The lowest BCUT2D eigenvalue weighted by atomic mass is 10.3. The van der Waals surface area contributed by atoms with E-state index >= 15 is 0 Å². The van der Waals surface area contributed by atoms with Crippen LogP contribution in [0.5, 0.6) is 0 Å². The summed E-state index contributed by atoms with van der Waals surface area (Å²) in [5.74, 6) is 0. The van der Waals surface area contributed by atoms with Gasteiger partial charge >= 0.3 is 0 Å². The van der Waals surface area contributed by atoms with Crippen molar-refractivity contribution in [3.8, 4) is 0 Å². The third kappa shape index (κ3) is 1.57. The number of nitrogens with zero attached hydrogens (tertiary/aromatic N) is 1. The molecule has 1 aromatic heterocycles. The maximum absolute atomic E-state index is 10.5. The lowest BCUT2D eigenvalue weighted by Gasteiger charge is -1.92. The van der Waals surface area contributed by atoms with Crippen molar-refractivity contribution in [1.82, 2.24) is 0 Å². The highest BCUT2D eigenvalue weighted by molar-refractivity contribution is 7.11. The maximum Gasteiger partial charge on any atom is 0.191 e. The normalized spacial score (nSPS) is 12.0. The highest BCUT2D eigenvalue weighted by atomic mass is 32.1. The maximum atomic E-state index is 10.5. The first-order chi connectivity index (χ1) is 4.70. The lowest BCUT2D eigenvalue weighted by molar-refractivity contribution is -0.416. The van der Waals surface area contributed by atoms with Gasteiger partial charge in [-0.05, 0) is 23.9 Å². The zero-order chi connectivity index (χ0) is 7.56. The molecule has 1 heterocycles. The number of aryl methyl sites for hydroxylation is 1. The van der Waals surface area contributed by atoms with Gasteiger partial charge in [-0.15, -0.1) is 11.3 Å². The summed E-state index contributed by atoms with van der Waals surface area (Å²) >= 11 is 1.58. The van der Waals surface area contributed by atoms with Gasteiger partial charge in [0.25, 0.3) is 0 Å². The standard InChI is InChI=1S/C7H9NOS/c1-6-3-4-10-7(6)5-8(2)9/h3-5H,1-2H3/b8-5+. The van der Waals surface area contributed by atoms with E-state index in [1.54, 1.807) is 17.6 Å². The summed E-state index contributed by atoms with van der Waals surface area (Å²) in [4.78, 5) is 1.04. The van der Waals surface area contributed by atoms with Crippen molar-refractivity contribution >= 4 is 17.6 Å². The molecule has 2 nitrogen and oxygen atoms in total. The first-order valence-electron chi connectivity index (χ1n) is 2.99. The Bertz CT molecular complexity index is 248. The number of hydroxylamine groups is 1. The Labute approximate surface area is 64.0 Å². The zero-order valence-corrected chi connectivity index (χ0v) is 6.81. The molecule has 3 heteroatoms. The molecule has 1 aromatic rings. The predicted octanol–water partition coefficient (Wildman–Crippen LogP) is 1.62. The summed E-state index contributed by atoms with van der Waals surface area (Å²) in [7, 11) is 1.49. The summed E-state index contributed by atoms with van der Waals surface area (Å²) in [5.41, 5.74) is 1.16. The first kappa shape index (κ1) is 7.28. The molecule has 0 unspecified atom stereocenters. The van der Waals surface area contributed by atoms with Crippen LogP contribution in [0.4, 0.5) is 0 Å². The van der Waals surface area contributed by atoms with Crippen molar-refractivity contribution in [2.24, 2.45) is 0 Å². The second-order valence-electron chi connectivity index (χ2n) is 2.14. The quantitative estimate of drug-likeness (QED) is 0.262. The van der Waals surface area contributed by atoms with E-state index in [-0.39, 0.29) is 0 Å². The fourth-order valence-electron chi connectivity index (χ4n) is 0.682. The fourth-order valence-corrected chi connectivity index (χ4v) is 1.56. The Morgan fingerprint density at radius 3 is 2.80 bits per heavy atom. The minimum absolute atomic E-state index is 0.818. The highest BCUT2D eigenvalue weighted by Gasteiger charge is 1.97. The van der Waals surface area contributed by atoms with Crippen LogP contribution in [0.25, 0.3) is 0 Å². The number of thiophene rings is 1. The van der Waals surface area contributed by atoms with Crippen LogP contribution in [-0.2, 0) is 0 Å². The van der Waals surface area contributed by atoms with Crippen LogP contribution < -0.4 is 0 Å². The molecule has 0 spiro atoms. The van der Waals surface area contributed by atoms with Gasteiger partial charge in [-0.25, -0.2) is 4.74 Å². The van der Waals surface area contributed by atoms with Crippen LogP contribution in [-0.4, -0.2) is 18.0 Å². The Balaban J connectivity index is 2.95. The van der Waals surface area contributed by atoms with Crippen LogP contribution in [0.3, 0.4) is 0 Å². The Morgan fingerprint density at radius 2 is 2.40 bits per heavy atom. The van der Waals surface area contributed by atoms with Crippen molar-refractivity contribution in [3.05, 3.63) is 27.1 Å². The van der Waals surface area contributed by atoms with E-state index in [1.165, 1.54) is 7.05 Å². The fraction of sp³-hybridized carbons (Fsp3) is 0.286. The molecule has 54 valence electrons. The van der Waals surface area contributed by atoms with E-state index in [4.69, 9.17) is 0 Å². The third-order valence-electron chi connectivity index (χ3n) is 1.20. The molecule has 0 fully saturated rings. The minimum Gasteiger partial charge on any atom is -0.624 e. The lowest BCUT2D eigenvalue weighted by Crippen LogP contribution is -1.96. The molecular weight excluding hydrogens is 146 g/mol. The van der Waals surface area contributed by atoms with E-state index < -0.39 is 0 Å². The topological polar surface area (TPSA) is 26.1 Å². The Hall–Kier alpha value is -0.830. The van der Waals surface area contributed by atoms with Gasteiger partial charge in [-0.2, -0.15) is 0 Å². The van der Waals surface area contributed by atoms with Crippen molar-refractivity contribution in [2.75, 3.05) is 7.05 Å². The highest BCUT2D eigenvalue weighted by Crippen LogP contribution is 2.11. The Morgan fingerprint density at radius 1 is 1.70 bits per heavy atom. The van der Waals surface area contributed by atoms with Crippen LogP contribution in [0.2, 0.25) is 0 Å². The molecule has 10 heavy (non-hydrogen) atoms. The molecule has 0 amide bonds. The van der Waals surface area contributed by atoms with E-state index in [1.807, 2.05) is 18.4 Å². The predicted molar refractivity (Wildman–Crippen MR) is 43.8 cm³/mol. The molecule has 0 aliphatic rings. The number of hydrogen-bond acceptors (Lipinski definition) is 2. The van der Waals surface area contributed by atoms with E-state index in [0.717, 1.165) is 15.2 Å². The zero-order valence-electron chi connectivity index (χ0n) is 6.00. The molecule has 0 aliphatic carbocycles. The van der Waals surface area contributed by atoms with Crippen molar-refractivity contribution in [2.45, 2.75) is 6.92 Å². The molecule has 0 bridgehead atoms. The molecule has 0 aromatic carbocycles.